The van der Waals surface area contributed by atoms with Crippen LogP contribution in [-0.2, 0) is 6.42 Å². The van der Waals surface area contributed by atoms with Crippen molar-refractivity contribution in [2.45, 2.75) is 71.8 Å². The molecule has 108 valence electrons. The lowest BCUT2D eigenvalue weighted by atomic mass is 9.53. The molecule has 2 rings (SSSR count). The van der Waals surface area contributed by atoms with E-state index < -0.39 is 0 Å². The molecule has 1 aromatic heterocycles. The van der Waals surface area contributed by atoms with E-state index >= 15 is 0 Å². The van der Waals surface area contributed by atoms with Crippen molar-refractivity contribution in [2.75, 3.05) is 6.54 Å². The highest BCUT2D eigenvalue weighted by Crippen LogP contribution is 2.58. The molecule has 1 N–H and O–H groups in total. The van der Waals surface area contributed by atoms with Crippen LogP contribution in [-0.4, -0.2) is 12.6 Å². The second-order valence-electron chi connectivity index (χ2n) is 5.89. The zero-order chi connectivity index (χ0) is 13.9. The van der Waals surface area contributed by atoms with Crippen LogP contribution in [0.3, 0.4) is 0 Å². The minimum absolute atomic E-state index is 0.505. The van der Waals surface area contributed by atoms with Gasteiger partial charge in [0.2, 0.25) is 0 Å². The van der Waals surface area contributed by atoms with Gasteiger partial charge in [0.05, 0.1) is 0 Å². The highest BCUT2D eigenvalue weighted by atomic mass is 32.1. The Hall–Kier alpha value is -0.340. The summed E-state index contributed by atoms with van der Waals surface area (Å²) in [6.45, 7) is 10.4. The third-order valence-electron chi connectivity index (χ3n) is 5.19. The number of hydrogen-bond acceptors (Lipinski definition) is 2. The Labute approximate surface area is 122 Å². The van der Waals surface area contributed by atoms with Crippen molar-refractivity contribution in [1.82, 2.24) is 5.32 Å². The molecule has 0 radical (unpaired) electrons. The van der Waals surface area contributed by atoms with E-state index in [1.165, 1.54) is 38.6 Å². The summed E-state index contributed by atoms with van der Waals surface area (Å²) in [4.78, 5) is 3.18. The molecule has 0 spiro atoms. The Morgan fingerprint density at radius 1 is 1.21 bits per heavy atom. The molecular formula is C17H29NS. The third-order valence-corrected chi connectivity index (χ3v) is 6.53. The minimum Gasteiger partial charge on any atom is -0.313 e. The molecule has 1 nitrogen and oxygen atoms in total. The minimum atomic E-state index is 0.505. The fourth-order valence-corrected chi connectivity index (χ4v) is 4.99. The van der Waals surface area contributed by atoms with E-state index in [1.807, 2.05) is 11.3 Å². The lowest BCUT2D eigenvalue weighted by Crippen LogP contribution is -2.58. The van der Waals surface area contributed by atoms with Gasteiger partial charge in [-0.15, -0.1) is 11.3 Å². The quantitative estimate of drug-likeness (QED) is 0.743. The first-order valence-corrected chi connectivity index (χ1v) is 8.85. The van der Waals surface area contributed by atoms with Crippen LogP contribution in [0.5, 0.6) is 0 Å². The second-order valence-corrected chi connectivity index (χ2v) is 7.09. The molecule has 0 saturated heterocycles. The van der Waals surface area contributed by atoms with Crippen LogP contribution in [0.15, 0.2) is 12.1 Å². The van der Waals surface area contributed by atoms with Crippen molar-refractivity contribution >= 4 is 11.3 Å². The first-order valence-electron chi connectivity index (χ1n) is 8.03. The van der Waals surface area contributed by atoms with Gasteiger partial charge in [-0.2, -0.15) is 0 Å². The van der Waals surface area contributed by atoms with Gasteiger partial charge in [-0.1, -0.05) is 27.7 Å². The molecule has 2 heteroatoms. The molecule has 2 atom stereocenters. The molecule has 1 aliphatic rings. The van der Waals surface area contributed by atoms with E-state index in [4.69, 9.17) is 0 Å². The molecule has 2 unspecified atom stereocenters. The molecule has 0 bridgehead atoms. The maximum absolute atomic E-state index is 3.79. The molecule has 0 aromatic carbocycles. The summed E-state index contributed by atoms with van der Waals surface area (Å²) >= 11 is 2.05. The van der Waals surface area contributed by atoms with Gasteiger partial charge in [-0.05, 0) is 56.2 Å². The van der Waals surface area contributed by atoms with Gasteiger partial charge in [0, 0.05) is 21.7 Å². The van der Waals surface area contributed by atoms with Gasteiger partial charge in [-0.25, -0.2) is 0 Å². The molecule has 1 aliphatic carbocycles. The summed E-state index contributed by atoms with van der Waals surface area (Å²) in [5.74, 6) is 0.794. The van der Waals surface area contributed by atoms with Crippen LogP contribution in [0.1, 0.15) is 69.1 Å². The van der Waals surface area contributed by atoms with Crippen LogP contribution in [0.25, 0.3) is 0 Å². The monoisotopic (exact) mass is 279 g/mol. The molecule has 19 heavy (non-hydrogen) atoms. The first-order chi connectivity index (χ1) is 9.21. The molecule has 0 aliphatic heterocycles. The zero-order valence-electron chi connectivity index (χ0n) is 13.0. The molecule has 1 saturated carbocycles. The van der Waals surface area contributed by atoms with Crippen molar-refractivity contribution in [3.8, 4) is 0 Å². The highest BCUT2D eigenvalue weighted by Gasteiger charge is 2.52. The molecule has 0 amide bonds. The second kappa shape index (κ2) is 6.41. The number of aryl methyl sites for hydroxylation is 1. The van der Waals surface area contributed by atoms with Gasteiger partial charge in [0.25, 0.3) is 0 Å². The van der Waals surface area contributed by atoms with E-state index in [1.54, 1.807) is 9.75 Å². The topological polar surface area (TPSA) is 12.0 Å². The Morgan fingerprint density at radius 3 is 2.47 bits per heavy atom. The lowest BCUT2D eigenvalue weighted by molar-refractivity contribution is 0.0220. The molecule has 1 fully saturated rings. The number of thiophene rings is 1. The van der Waals surface area contributed by atoms with E-state index in [9.17, 15) is 0 Å². The van der Waals surface area contributed by atoms with Crippen molar-refractivity contribution in [2.24, 2.45) is 5.41 Å². The fraction of sp³-hybridized carbons (Fsp3) is 0.765. The van der Waals surface area contributed by atoms with Crippen molar-refractivity contribution in [3.63, 3.8) is 0 Å². The van der Waals surface area contributed by atoms with Gasteiger partial charge in [0.15, 0.2) is 0 Å². The Balaban J connectivity index is 2.13. The van der Waals surface area contributed by atoms with Crippen molar-refractivity contribution in [3.05, 3.63) is 21.9 Å². The van der Waals surface area contributed by atoms with E-state index in [2.05, 4.69) is 45.1 Å². The largest absolute Gasteiger partial charge is 0.313 e. The number of nitrogens with one attached hydrogen (secondary N) is 1. The lowest BCUT2D eigenvalue weighted by Gasteiger charge is -2.56. The summed E-state index contributed by atoms with van der Waals surface area (Å²) in [5.41, 5.74) is 0.505. The average molecular weight is 279 g/mol. The Morgan fingerprint density at radius 2 is 1.95 bits per heavy atom. The smallest absolute Gasteiger partial charge is 0.0136 e. The average Bonchev–Trinajstić information content (AvgIpc) is 2.88. The molecule has 1 aromatic rings. The third kappa shape index (κ3) is 2.62. The van der Waals surface area contributed by atoms with Crippen LogP contribution >= 0.6 is 11.3 Å². The highest BCUT2D eigenvalue weighted by molar-refractivity contribution is 7.12. The maximum Gasteiger partial charge on any atom is 0.0136 e. The van der Waals surface area contributed by atoms with E-state index in [0.29, 0.717) is 5.41 Å². The maximum atomic E-state index is 3.79. The molecule has 1 heterocycles. The summed E-state index contributed by atoms with van der Waals surface area (Å²) < 4.78 is 0. The summed E-state index contributed by atoms with van der Waals surface area (Å²) in [5, 5.41) is 3.79. The standard InChI is InChI=1S/C17H29NS/c1-5-11-18-16-12-14(17(16,7-3)8-4)15-10-9-13(6-2)19-15/h9-10,14,16,18H,5-8,11-12H2,1-4H3. The predicted molar refractivity (Wildman–Crippen MR) is 86.2 cm³/mol. The molecular weight excluding hydrogens is 250 g/mol. The van der Waals surface area contributed by atoms with Crippen LogP contribution in [0.4, 0.5) is 0 Å². The Kier molecular flexibility index (Phi) is 5.08. The summed E-state index contributed by atoms with van der Waals surface area (Å²) in [7, 11) is 0. The normalized spacial score (nSPS) is 25.3. The van der Waals surface area contributed by atoms with Crippen molar-refractivity contribution < 1.29 is 0 Å². The van der Waals surface area contributed by atoms with E-state index in [0.717, 1.165) is 12.0 Å². The Bertz CT molecular complexity index is 392. The van der Waals surface area contributed by atoms with Crippen LogP contribution < -0.4 is 5.32 Å². The van der Waals surface area contributed by atoms with Gasteiger partial charge in [-0.3, -0.25) is 0 Å². The van der Waals surface area contributed by atoms with Gasteiger partial charge < -0.3 is 5.32 Å². The van der Waals surface area contributed by atoms with Gasteiger partial charge >= 0.3 is 0 Å². The number of hydrogen-bond donors (Lipinski definition) is 1. The zero-order valence-corrected chi connectivity index (χ0v) is 13.8. The van der Waals surface area contributed by atoms with Gasteiger partial charge in [0.1, 0.15) is 0 Å². The van der Waals surface area contributed by atoms with Crippen LogP contribution in [0, 0.1) is 5.41 Å². The summed E-state index contributed by atoms with van der Waals surface area (Å²) in [6.07, 6.45) is 6.36. The van der Waals surface area contributed by atoms with Crippen LogP contribution in [0.2, 0.25) is 0 Å². The predicted octanol–water partition coefficient (Wildman–Crippen LogP) is 4.97. The van der Waals surface area contributed by atoms with Crippen molar-refractivity contribution in [1.29, 1.82) is 0 Å². The SMILES string of the molecule is CCCNC1CC(c2ccc(CC)s2)C1(CC)CC. The number of rotatable bonds is 7. The summed E-state index contributed by atoms with van der Waals surface area (Å²) in [6, 6.07) is 5.47. The first kappa shape index (κ1) is 15.1. The fourth-order valence-electron chi connectivity index (χ4n) is 3.80. The van der Waals surface area contributed by atoms with E-state index in [-0.39, 0.29) is 0 Å².